The number of para-hydroxylation sites is 1. The molecule has 0 aliphatic heterocycles. The normalized spacial score (nSPS) is 10.7. The quantitative estimate of drug-likeness (QED) is 0.691. The third-order valence-corrected chi connectivity index (χ3v) is 3.98. The summed E-state index contributed by atoms with van der Waals surface area (Å²) in [6.45, 7) is 2.09. The number of nitrogens with one attached hydrogen (secondary N) is 1. The average molecular weight is 304 g/mol. The van der Waals surface area contributed by atoms with E-state index in [4.69, 9.17) is 5.73 Å². The number of nitrogens with two attached hydrogens (primary N) is 1. The van der Waals surface area contributed by atoms with Gasteiger partial charge in [0.2, 0.25) is 0 Å². The minimum atomic E-state index is -0.114. The van der Waals surface area contributed by atoms with Crippen molar-refractivity contribution in [2.24, 2.45) is 0 Å². The molecule has 0 fully saturated rings. The predicted molar refractivity (Wildman–Crippen MR) is 96.8 cm³/mol. The van der Waals surface area contributed by atoms with Gasteiger partial charge in [0.15, 0.2) is 0 Å². The molecule has 0 aromatic heterocycles. The molecule has 0 atom stereocenters. The Hall–Kier alpha value is -2.81. The Bertz CT molecular complexity index is 841. The molecule has 0 unspecified atom stereocenters. The van der Waals surface area contributed by atoms with Gasteiger partial charge < -0.3 is 11.1 Å². The topological polar surface area (TPSA) is 55.1 Å². The fourth-order valence-corrected chi connectivity index (χ4v) is 2.86. The van der Waals surface area contributed by atoms with Gasteiger partial charge in [-0.3, -0.25) is 4.79 Å². The molecule has 23 heavy (non-hydrogen) atoms. The van der Waals surface area contributed by atoms with Crippen molar-refractivity contribution < 1.29 is 4.79 Å². The molecule has 0 bridgehead atoms. The van der Waals surface area contributed by atoms with Crippen LogP contribution < -0.4 is 11.1 Å². The maximum Gasteiger partial charge on any atom is 0.256 e. The van der Waals surface area contributed by atoms with Crippen molar-refractivity contribution >= 4 is 28.1 Å². The van der Waals surface area contributed by atoms with E-state index in [0.717, 1.165) is 34.9 Å². The van der Waals surface area contributed by atoms with E-state index in [2.05, 4.69) is 12.2 Å². The molecule has 3 rings (SSSR count). The predicted octanol–water partition coefficient (Wildman–Crippen LogP) is 4.63. The molecule has 0 aliphatic carbocycles. The van der Waals surface area contributed by atoms with Gasteiger partial charge in [-0.25, -0.2) is 0 Å². The second-order valence-electron chi connectivity index (χ2n) is 5.61. The highest BCUT2D eigenvalue weighted by Crippen LogP contribution is 2.30. The molecule has 0 saturated carbocycles. The Kier molecular flexibility index (Phi) is 4.29. The summed E-state index contributed by atoms with van der Waals surface area (Å²) >= 11 is 0. The smallest absolute Gasteiger partial charge is 0.256 e. The first-order valence-electron chi connectivity index (χ1n) is 7.87. The van der Waals surface area contributed by atoms with E-state index >= 15 is 0 Å². The van der Waals surface area contributed by atoms with Crippen LogP contribution in [-0.4, -0.2) is 5.91 Å². The van der Waals surface area contributed by atoms with Crippen LogP contribution in [-0.2, 0) is 6.42 Å². The number of amides is 1. The molecule has 3 nitrogen and oxygen atoms in total. The van der Waals surface area contributed by atoms with E-state index in [1.54, 1.807) is 0 Å². The highest BCUT2D eigenvalue weighted by Gasteiger charge is 2.16. The Morgan fingerprint density at radius 1 is 1.04 bits per heavy atom. The van der Waals surface area contributed by atoms with Crippen molar-refractivity contribution in [1.82, 2.24) is 0 Å². The van der Waals surface area contributed by atoms with Crippen LogP contribution in [0.1, 0.15) is 29.3 Å². The summed E-state index contributed by atoms with van der Waals surface area (Å²) in [5.41, 5.74) is 9.44. The van der Waals surface area contributed by atoms with E-state index in [0.29, 0.717) is 11.3 Å². The van der Waals surface area contributed by atoms with Crippen LogP contribution in [0.5, 0.6) is 0 Å². The fraction of sp³-hybridized carbons (Fsp3) is 0.150. The van der Waals surface area contributed by atoms with Crippen molar-refractivity contribution in [1.29, 1.82) is 0 Å². The summed E-state index contributed by atoms with van der Waals surface area (Å²) < 4.78 is 0. The van der Waals surface area contributed by atoms with E-state index < -0.39 is 0 Å². The molecule has 3 heteroatoms. The first-order valence-corrected chi connectivity index (χ1v) is 7.87. The van der Waals surface area contributed by atoms with Gasteiger partial charge in [0.1, 0.15) is 0 Å². The maximum absolute atomic E-state index is 12.7. The maximum atomic E-state index is 12.7. The summed E-state index contributed by atoms with van der Waals surface area (Å²) in [7, 11) is 0. The van der Waals surface area contributed by atoms with Gasteiger partial charge in [-0.2, -0.15) is 0 Å². The van der Waals surface area contributed by atoms with Crippen molar-refractivity contribution in [2.45, 2.75) is 19.8 Å². The summed E-state index contributed by atoms with van der Waals surface area (Å²) in [6, 6.07) is 19.3. The zero-order valence-corrected chi connectivity index (χ0v) is 13.2. The third-order valence-electron chi connectivity index (χ3n) is 3.98. The number of benzene rings is 3. The van der Waals surface area contributed by atoms with Gasteiger partial charge in [-0.1, -0.05) is 55.8 Å². The molecule has 1 amide bonds. The molecular formula is C20H20N2O. The molecule has 0 saturated heterocycles. The zero-order valence-electron chi connectivity index (χ0n) is 13.2. The number of fused-ring (bicyclic) bond motifs is 1. The number of nitrogen functional groups attached to an aromatic ring is 1. The van der Waals surface area contributed by atoms with Gasteiger partial charge in [0, 0.05) is 22.3 Å². The summed E-state index contributed by atoms with van der Waals surface area (Å²) in [6.07, 6.45) is 1.72. The summed E-state index contributed by atoms with van der Waals surface area (Å²) in [4.78, 5) is 12.7. The van der Waals surface area contributed by atoms with Crippen LogP contribution in [0.15, 0.2) is 60.7 Å². The minimum Gasteiger partial charge on any atom is -0.398 e. The summed E-state index contributed by atoms with van der Waals surface area (Å²) in [5.74, 6) is -0.114. The molecule has 3 aromatic rings. The second-order valence-corrected chi connectivity index (χ2v) is 5.61. The van der Waals surface area contributed by atoms with Crippen LogP contribution in [0, 0.1) is 0 Å². The number of rotatable bonds is 4. The van der Waals surface area contributed by atoms with Crippen LogP contribution in [0.2, 0.25) is 0 Å². The Morgan fingerprint density at radius 2 is 1.74 bits per heavy atom. The van der Waals surface area contributed by atoms with Crippen LogP contribution in [0.25, 0.3) is 10.8 Å². The standard InChI is InChI=1S/C20H20N2O/c1-2-8-17-18(20(23)22-15-10-4-3-5-11-15)13-14-9-6-7-12-16(14)19(17)21/h3-7,9-13H,2,8,21H2,1H3,(H,22,23). The molecule has 0 aliphatic rings. The number of hydrogen-bond donors (Lipinski definition) is 2. The lowest BCUT2D eigenvalue weighted by atomic mass is 9.95. The largest absolute Gasteiger partial charge is 0.398 e. The highest BCUT2D eigenvalue weighted by molar-refractivity contribution is 6.10. The van der Waals surface area contributed by atoms with Gasteiger partial charge in [-0.15, -0.1) is 0 Å². The lowest BCUT2D eigenvalue weighted by Gasteiger charge is -2.15. The lowest BCUT2D eigenvalue weighted by molar-refractivity contribution is 0.102. The van der Waals surface area contributed by atoms with Crippen molar-refractivity contribution in [3.05, 3.63) is 71.8 Å². The minimum absolute atomic E-state index is 0.114. The van der Waals surface area contributed by atoms with E-state index in [1.165, 1.54) is 0 Å². The van der Waals surface area contributed by atoms with Crippen molar-refractivity contribution in [3.63, 3.8) is 0 Å². The van der Waals surface area contributed by atoms with E-state index in [-0.39, 0.29) is 5.91 Å². The monoisotopic (exact) mass is 304 g/mol. The van der Waals surface area contributed by atoms with Crippen LogP contribution in [0.4, 0.5) is 11.4 Å². The molecule has 0 heterocycles. The zero-order chi connectivity index (χ0) is 16.2. The van der Waals surface area contributed by atoms with Crippen LogP contribution >= 0.6 is 0 Å². The number of anilines is 2. The molecule has 3 N–H and O–H groups in total. The van der Waals surface area contributed by atoms with Crippen molar-refractivity contribution in [2.75, 3.05) is 11.1 Å². The van der Waals surface area contributed by atoms with E-state index in [1.807, 2.05) is 60.7 Å². The third kappa shape index (κ3) is 3.04. The molecule has 0 radical (unpaired) electrons. The molecule has 0 spiro atoms. The highest BCUT2D eigenvalue weighted by atomic mass is 16.1. The van der Waals surface area contributed by atoms with Gasteiger partial charge in [0.25, 0.3) is 5.91 Å². The summed E-state index contributed by atoms with van der Waals surface area (Å²) in [5, 5.41) is 4.95. The number of hydrogen-bond acceptors (Lipinski definition) is 2. The molecule has 116 valence electrons. The van der Waals surface area contributed by atoms with Gasteiger partial charge >= 0.3 is 0 Å². The SMILES string of the molecule is CCCc1c(C(=O)Nc2ccccc2)cc2ccccc2c1N. The first kappa shape index (κ1) is 15.1. The van der Waals surface area contributed by atoms with Gasteiger partial charge in [-0.05, 0) is 35.6 Å². The first-order chi connectivity index (χ1) is 11.2. The lowest BCUT2D eigenvalue weighted by Crippen LogP contribution is -2.15. The number of carbonyl (C=O) groups is 1. The average Bonchev–Trinajstić information content (AvgIpc) is 2.58. The van der Waals surface area contributed by atoms with E-state index in [9.17, 15) is 4.79 Å². The van der Waals surface area contributed by atoms with Gasteiger partial charge in [0.05, 0.1) is 0 Å². The fourth-order valence-electron chi connectivity index (χ4n) is 2.86. The van der Waals surface area contributed by atoms with Crippen LogP contribution in [0.3, 0.4) is 0 Å². The van der Waals surface area contributed by atoms with Crippen molar-refractivity contribution in [3.8, 4) is 0 Å². The Labute approximate surface area is 136 Å². The molecule has 3 aromatic carbocycles. The Balaban J connectivity index is 2.07. The number of carbonyl (C=O) groups excluding carboxylic acids is 1. The molecular weight excluding hydrogens is 284 g/mol. The second kappa shape index (κ2) is 6.53. The Morgan fingerprint density at radius 3 is 2.48 bits per heavy atom.